The molecule has 0 radical (unpaired) electrons. The molecule has 0 saturated heterocycles. The molecule has 110 valence electrons. The van der Waals surface area contributed by atoms with Crippen molar-refractivity contribution in [3.63, 3.8) is 0 Å². The number of amides is 2. The maximum atomic E-state index is 11.8. The molecular formula is C15H13BrCl2N2O. The molecule has 0 bridgehead atoms. The predicted octanol–water partition coefficient (Wildman–Crippen LogP) is 5.12. The smallest absolute Gasteiger partial charge is 0.319 e. The molecule has 0 aromatic heterocycles. The van der Waals surface area contributed by atoms with E-state index in [4.69, 9.17) is 23.2 Å². The standard InChI is InChI=1S/C15H13BrCl2N2O/c16-11-3-1-2-10(8-11)6-7-19-15(21)20-14-5-4-12(17)9-13(14)18/h1-5,8-9H,6-7H2,(H2,19,20,21). The summed E-state index contributed by atoms with van der Waals surface area (Å²) in [6.07, 6.45) is 0.751. The second-order valence-corrected chi connectivity index (χ2v) is 6.14. The first-order valence-corrected chi connectivity index (χ1v) is 7.84. The van der Waals surface area contributed by atoms with Crippen molar-refractivity contribution in [2.75, 3.05) is 11.9 Å². The van der Waals surface area contributed by atoms with Gasteiger partial charge in [-0.25, -0.2) is 4.79 Å². The number of rotatable bonds is 4. The molecule has 0 aliphatic carbocycles. The summed E-state index contributed by atoms with van der Waals surface area (Å²) in [5, 5.41) is 6.40. The topological polar surface area (TPSA) is 41.1 Å². The van der Waals surface area contributed by atoms with Crippen LogP contribution in [0.3, 0.4) is 0 Å². The fraction of sp³-hybridized carbons (Fsp3) is 0.133. The van der Waals surface area contributed by atoms with Gasteiger partial charge < -0.3 is 10.6 Å². The van der Waals surface area contributed by atoms with Crippen molar-refractivity contribution >= 4 is 50.9 Å². The molecule has 0 unspecified atom stereocenters. The zero-order valence-corrected chi connectivity index (χ0v) is 14.1. The molecular weight excluding hydrogens is 375 g/mol. The van der Waals surface area contributed by atoms with Crippen molar-refractivity contribution in [2.45, 2.75) is 6.42 Å². The summed E-state index contributed by atoms with van der Waals surface area (Å²) in [6, 6.07) is 12.6. The monoisotopic (exact) mass is 386 g/mol. The molecule has 0 aliphatic rings. The van der Waals surface area contributed by atoms with E-state index in [9.17, 15) is 4.79 Å². The van der Waals surface area contributed by atoms with Crippen LogP contribution in [0.1, 0.15) is 5.56 Å². The molecule has 0 fully saturated rings. The van der Waals surface area contributed by atoms with E-state index in [2.05, 4.69) is 26.6 Å². The van der Waals surface area contributed by atoms with Crippen LogP contribution in [0.5, 0.6) is 0 Å². The SMILES string of the molecule is O=C(NCCc1cccc(Br)c1)Nc1ccc(Cl)cc1Cl. The molecule has 0 spiro atoms. The second-order valence-electron chi connectivity index (χ2n) is 4.38. The summed E-state index contributed by atoms with van der Waals surface area (Å²) in [6.45, 7) is 0.535. The molecule has 0 atom stereocenters. The van der Waals surface area contributed by atoms with Crippen LogP contribution in [0.4, 0.5) is 10.5 Å². The Balaban J connectivity index is 1.82. The van der Waals surface area contributed by atoms with Gasteiger partial charge in [-0.3, -0.25) is 0 Å². The third-order valence-corrected chi connectivity index (χ3v) is 3.81. The van der Waals surface area contributed by atoms with Crippen LogP contribution in [0.15, 0.2) is 46.9 Å². The summed E-state index contributed by atoms with van der Waals surface area (Å²) in [4.78, 5) is 11.8. The van der Waals surface area contributed by atoms with Crippen LogP contribution >= 0.6 is 39.1 Å². The first kappa shape index (κ1) is 16.1. The molecule has 3 nitrogen and oxygen atoms in total. The molecule has 0 saturated carbocycles. The molecule has 0 aliphatic heterocycles. The van der Waals surface area contributed by atoms with Crippen molar-refractivity contribution in [1.82, 2.24) is 5.32 Å². The maximum absolute atomic E-state index is 11.8. The highest BCUT2D eigenvalue weighted by molar-refractivity contribution is 9.10. The van der Waals surface area contributed by atoms with Gasteiger partial charge >= 0.3 is 6.03 Å². The van der Waals surface area contributed by atoms with Crippen molar-refractivity contribution in [3.05, 3.63) is 62.5 Å². The number of carbonyl (C=O) groups excluding carboxylic acids is 1. The first-order valence-electron chi connectivity index (χ1n) is 6.29. The molecule has 2 amide bonds. The van der Waals surface area contributed by atoms with E-state index < -0.39 is 0 Å². The molecule has 2 N–H and O–H groups in total. The zero-order valence-electron chi connectivity index (χ0n) is 11.0. The number of nitrogens with one attached hydrogen (secondary N) is 2. The normalized spacial score (nSPS) is 10.2. The summed E-state index contributed by atoms with van der Waals surface area (Å²) in [7, 11) is 0. The number of carbonyl (C=O) groups is 1. The summed E-state index contributed by atoms with van der Waals surface area (Å²) in [5.74, 6) is 0. The van der Waals surface area contributed by atoms with Gasteiger partial charge in [0.25, 0.3) is 0 Å². The molecule has 6 heteroatoms. The Kier molecular flexibility index (Phi) is 5.91. The predicted molar refractivity (Wildman–Crippen MR) is 91.3 cm³/mol. The molecule has 2 aromatic carbocycles. The number of hydrogen-bond acceptors (Lipinski definition) is 1. The third-order valence-electron chi connectivity index (χ3n) is 2.77. The molecule has 2 rings (SSSR count). The maximum Gasteiger partial charge on any atom is 0.319 e. The van der Waals surface area contributed by atoms with E-state index in [-0.39, 0.29) is 6.03 Å². The van der Waals surface area contributed by atoms with Crippen LogP contribution in [0, 0.1) is 0 Å². The second kappa shape index (κ2) is 7.69. The summed E-state index contributed by atoms with van der Waals surface area (Å²) in [5.41, 5.74) is 1.68. The highest BCUT2D eigenvalue weighted by atomic mass is 79.9. The Labute approximate surface area is 141 Å². The van der Waals surface area contributed by atoms with Crippen molar-refractivity contribution < 1.29 is 4.79 Å². The molecule has 2 aromatic rings. The minimum atomic E-state index is -0.297. The van der Waals surface area contributed by atoms with Gasteiger partial charge in [0.2, 0.25) is 0 Å². The van der Waals surface area contributed by atoms with Gasteiger partial charge in [0, 0.05) is 16.0 Å². The fourth-order valence-electron chi connectivity index (χ4n) is 1.77. The third kappa shape index (κ3) is 5.23. The van der Waals surface area contributed by atoms with E-state index in [0.717, 1.165) is 16.5 Å². The minimum absolute atomic E-state index is 0.297. The average molecular weight is 388 g/mol. The number of benzene rings is 2. The van der Waals surface area contributed by atoms with Gasteiger partial charge in [-0.15, -0.1) is 0 Å². The van der Waals surface area contributed by atoms with Crippen LogP contribution in [0.2, 0.25) is 10.0 Å². The van der Waals surface area contributed by atoms with E-state index in [1.807, 2.05) is 24.3 Å². The molecule has 0 heterocycles. The quantitative estimate of drug-likeness (QED) is 0.750. The zero-order chi connectivity index (χ0) is 15.2. The van der Waals surface area contributed by atoms with Crippen molar-refractivity contribution in [3.8, 4) is 0 Å². The van der Waals surface area contributed by atoms with E-state index in [1.54, 1.807) is 18.2 Å². The highest BCUT2D eigenvalue weighted by Gasteiger charge is 2.05. The van der Waals surface area contributed by atoms with E-state index >= 15 is 0 Å². The Morgan fingerprint density at radius 2 is 1.95 bits per heavy atom. The number of urea groups is 1. The molecule has 21 heavy (non-hydrogen) atoms. The lowest BCUT2D eigenvalue weighted by Crippen LogP contribution is -2.30. The number of hydrogen-bond donors (Lipinski definition) is 2. The van der Waals surface area contributed by atoms with Gasteiger partial charge in [0.1, 0.15) is 0 Å². The van der Waals surface area contributed by atoms with Crippen LogP contribution in [-0.2, 0) is 6.42 Å². The van der Waals surface area contributed by atoms with Gasteiger partial charge in [0.05, 0.1) is 10.7 Å². The van der Waals surface area contributed by atoms with E-state index in [0.29, 0.717) is 22.3 Å². The van der Waals surface area contributed by atoms with E-state index in [1.165, 1.54) is 0 Å². The van der Waals surface area contributed by atoms with Crippen LogP contribution in [0.25, 0.3) is 0 Å². The fourth-order valence-corrected chi connectivity index (χ4v) is 2.67. The number of halogens is 3. The number of anilines is 1. The lowest BCUT2D eigenvalue weighted by molar-refractivity contribution is 0.252. The van der Waals surface area contributed by atoms with Crippen LogP contribution < -0.4 is 10.6 Å². The highest BCUT2D eigenvalue weighted by Crippen LogP contribution is 2.25. The Morgan fingerprint density at radius 3 is 2.67 bits per heavy atom. The summed E-state index contributed by atoms with van der Waals surface area (Å²) >= 11 is 15.2. The lowest BCUT2D eigenvalue weighted by atomic mass is 10.1. The average Bonchev–Trinajstić information content (AvgIpc) is 2.42. The van der Waals surface area contributed by atoms with Gasteiger partial charge in [0.15, 0.2) is 0 Å². The van der Waals surface area contributed by atoms with Crippen molar-refractivity contribution in [2.24, 2.45) is 0 Å². The first-order chi connectivity index (χ1) is 10.0. The van der Waals surface area contributed by atoms with Gasteiger partial charge in [-0.2, -0.15) is 0 Å². The Morgan fingerprint density at radius 1 is 1.14 bits per heavy atom. The largest absolute Gasteiger partial charge is 0.338 e. The van der Waals surface area contributed by atoms with Crippen LogP contribution in [-0.4, -0.2) is 12.6 Å². The Hall–Kier alpha value is -1.23. The van der Waals surface area contributed by atoms with Gasteiger partial charge in [-0.1, -0.05) is 51.3 Å². The van der Waals surface area contributed by atoms with Crippen molar-refractivity contribution in [1.29, 1.82) is 0 Å². The lowest BCUT2D eigenvalue weighted by Gasteiger charge is -2.09. The van der Waals surface area contributed by atoms with Gasteiger partial charge in [-0.05, 0) is 42.3 Å². The minimum Gasteiger partial charge on any atom is -0.338 e. The summed E-state index contributed by atoms with van der Waals surface area (Å²) < 4.78 is 1.03. The Bertz CT molecular complexity index is 649.